The maximum absolute atomic E-state index is 11.4. The van der Waals surface area contributed by atoms with Crippen molar-refractivity contribution < 1.29 is 14.1 Å². The lowest BCUT2D eigenvalue weighted by Crippen LogP contribution is -2.30. The van der Waals surface area contributed by atoms with E-state index in [2.05, 4.69) is 4.98 Å². The molecule has 94 valence electrons. The molecule has 0 unspecified atom stereocenters. The van der Waals surface area contributed by atoms with Gasteiger partial charge < -0.3 is 19.1 Å². The first-order valence-electron chi connectivity index (χ1n) is 4.85. The third-order valence-electron chi connectivity index (χ3n) is 2.25. The topological polar surface area (TPSA) is 129 Å². The fraction of sp³-hybridized carbons (Fsp3) is 0.111. The molecule has 3 N–H and O–H groups in total. The summed E-state index contributed by atoms with van der Waals surface area (Å²) in [6.07, 6.45) is 3.86. The summed E-state index contributed by atoms with van der Waals surface area (Å²) < 4.78 is 6.56. The maximum atomic E-state index is 11.4. The Bertz CT molecular complexity index is 587. The quantitative estimate of drug-likeness (QED) is 0.341. The smallest absolute Gasteiger partial charge is 0.381 e. The van der Waals surface area contributed by atoms with Crippen LogP contribution in [0.3, 0.4) is 0 Å². The zero-order valence-electron chi connectivity index (χ0n) is 9.07. The minimum Gasteiger partial charge on any atom is -0.467 e. The number of nitrogens with zero attached hydrogens (tertiary/aromatic N) is 3. The monoisotopic (exact) mass is 251 g/mol. The fourth-order valence-corrected chi connectivity index (χ4v) is 1.44. The van der Waals surface area contributed by atoms with E-state index < -0.39 is 10.8 Å². The zero-order valence-corrected chi connectivity index (χ0v) is 9.07. The molecule has 0 atom stereocenters. The van der Waals surface area contributed by atoms with Crippen molar-refractivity contribution in [3.05, 3.63) is 46.3 Å². The summed E-state index contributed by atoms with van der Waals surface area (Å²) in [7, 11) is 0. The number of carbonyl (C=O) groups is 1. The van der Waals surface area contributed by atoms with Crippen molar-refractivity contribution in [3.8, 4) is 0 Å². The number of hydrogen-bond acceptors (Lipinski definition) is 6. The number of furan rings is 1. The minimum absolute atomic E-state index is 0.149. The summed E-state index contributed by atoms with van der Waals surface area (Å²) in [6, 6.07) is 1.46. The Morgan fingerprint density at radius 2 is 2.44 bits per heavy atom. The summed E-state index contributed by atoms with van der Waals surface area (Å²) in [5.41, 5.74) is 2.26. The SMILES string of the molecule is NNC(=O)c1ccoc1Cn1cnc([N+](=O)[O-])c1. The highest BCUT2D eigenvalue weighted by Crippen LogP contribution is 2.14. The molecule has 0 aliphatic heterocycles. The van der Waals surface area contributed by atoms with Gasteiger partial charge in [0.05, 0.1) is 18.4 Å². The molecule has 9 nitrogen and oxygen atoms in total. The van der Waals surface area contributed by atoms with E-state index in [9.17, 15) is 14.9 Å². The van der Waals surface area contributed by atoms with Crippen LogP contribution in [-0.2, 0) is 6.54 Å². The van der Waals surface area contributed by atoms with Gasteiger partial charge in [-0.05, 0) is 16.0 Å². The van der Waals surface area contributed by atoms with Crippen LogP contribution in [0.1, 0.15) is 16.1 Å². The van der Waals surface area contributed by atoms with Crippen molar-refractivity contribution in [2.75, 3.05) is 0 Å². The Morgan fingerprint density at radius 1 is 1.67 bits per heavy atom. The first kappa shape index (κ1) is 11.8. The number of rotatable bonds is 4. The molecule has 1 amide bonds. The lowest BCUT2D eigenvalue weighted by atomic mass is 10.2. The number of hydrogen-bond donors (Lipinski definition) is 2. The van der Waals surface area contributed by atoms with Crippen LogP contribution in [-0.4, -0.2) is 20.4 Å². The molecule has 2 aromatic rings. The van der Waals surface area contributed by atoms with Crippen molar-refractivity contribution in [2.24, 2.45) is 5.84 Å². The summed E-state index contributed by atoms with van der Waals surface area (Å²) in [4.78, 5) is 24.8. The van der Waals surface area contributed by atoms with Gasteiger partial charge in [-0.25, -0.2) is 5.84 Å². The van der Waals surface area contributed by atoms with Crippen molar-refractivity contribution in [1.82, 2.24) is 15.0 Å². The van der Waals surface area contributed by atoms with Crippen LogP contribution in [0.25, 0.3) is 0 Å². The number of nitrogen functional groups attached to an aromatic ring is 1. The number of hydrazine groups is 1. The molecule has 2 rings (SSSR count). The van der Waals surface area contributed by atoms with E-state index >= 15 is 0 Å². The van der Waals surface area contributed by atoms with Gasteiger partial charge in [-0.2, -0.15) is 0 Å². The lowest BCUT2D eigenvalue weighted by Gasteiger charge is -2.00. The van der Waals surface area contributed by atoms with Gasteiger partial charge in [0.15, 0.2) is 0 Å². The van der Waals surface area contributed by atoms with Crippen molar-refractivity contribution in [2.45, 2.75) is 6.54 Å². The minimum atomic E-state index is -0.605. The van der Waals surface area contributed by atoms with Crippen LogP contribution < -0.4 is 11.3 Å². The molecule has 0 saturated carbocycles. The number of amides is 1. The van der Waals surface area contributed by atoms with Crippen LogP contribution in [0.5, 0.6) is 0 Å². The van der Waals surface area contributed by atoms with Gasteiger partial charge in [-0.15, -0.1) is 0 Å². The Balaban J connectivity index is 2.20. The summed E-state index contributed by atoms with van der Waals surface area (Å²) in [6.45, 7) is 0.149. The van der Waals surface area contributed by atoms with E-state index in [0.29, 0.717) is 5.76 Å². The van der Waals surface area contributed by atoms with Gasteiger partial charge in [0, 0.05) is 0 Å². The molecule has 0 aromatic carbocycles. The van der Waals surface area contributed by atoms with E-state index in [1.54, 1.807) is 0 Å². The standard InChI is InChI=1S/C9H9N5O4/c10-12-9(15)6-1-2-18-7(6)3-13-4-8(11-5-13)14(16)17/h1-2,4-5H,3,10H2,(H,12,15). The molecular weight excluding hydrogens is 242 g/mol. The van der Waals surface area contributed by atoms with E-state index in [-0.39, 0.29) is 17.9 Å². The molecule has 2 heterocycles. The first-order chi connectivity index (χ1) is 8.61. The van der Waals surface area contributed by atoms with Crippen LogP contribution >= 0.6 is 0 Å². The van der Waals surface area contributed by atoms with E-state index in [1.807, 2.05) is 5.43 Å². The predicted molar refractivity (Wildman–Crippen MR) is 58.3 cm³/mol. The largest absolute Gasteiger partial charge is 0.467 e. The molecule has 0 spiro atoms. The molecule has 2 aromatic heterocycles. The molecular formula is C9H9N5O4. The highest BCUT2D eigenvalue weighted by Gasteiger charge is 2.16. The van der Waals surface area contributed by atoms with E-state index in [1.165, 1.54) is 29.4 Å². The van der Waals surface area contributed by atoms with Gasteiger partial charge in [0.2, 0.25) is 6.33 Å². The number of carbonyl (C=O) groups excluding carboxylic acids is 1. The number of nitro groups is 1. The van der Waals surface area contributed by atoms with Gasteiger partial charge in [-0.1, -0.05) is 0 Å². The second-order valence-corrected chi connectivity index (χ2v) is 3.39. The number of imidazole rings is 1. The molecule has 0 fully saturated rings. The highest BCUT2D eigenvalue weighted by molar-refractivity contribution is 5.94. The Kier molecular flexibility index (Phi) is 3.06. The van der Waals surface area contributed by atoms with Gasteiger partial charge in [0.1, 0.15) is 12.0 Å². The van der Waals surface area contributed by atoms with Gasteiger partial charge in [0.25, 0.3) is 5.91 Å². The predicted octanol–water partition coefficient (Wildman–Crippen LogP) is 0.0361. The number of nitrogens with two attached hydrogens (primary N) is 1. The van der Waals surface area contributed by atoms with Crippen LogP contribution in [0.2, 0.25) is 0 Å². The van der Waals surface area contributed by atoms with Crippen molar-refractivity contribution in [3.63, 3.8) is 0 Å². The second kappa shape index (κ2) is 4.67. The summed E-state index contributed by atoms with van der Waals surface area (Å²) in [5.74, 6) is 4.59. The van der Waals surface area contributed by atoms with E-state index in [4.69, 9.17) is 10.3 Å². The van der Waals surface area contributed by atoms with Crippen molar-refractivity contribution in [1.29, 1.82) is 0 Å². The second-order valence-electron chi connectivity index (χ2n) is 3.39. The molecule has 0 aliphatic rings. The Morgan fingerprint density at radius 3 is 3.06 bits per heavy atom. The van der Waals surface area contributed by atoms with Crippen LogP contribution in [0.4, 0.5) is 5.82 Å². The fourth-order valence-electron chi connectivity index (χ4n) is 1.44. The Labute approximate surface area is 100 Å². The highest BCUT2D eigenvalue weighted by atomic mass is 16.6. The average Bonchev–Trinajstić information content (AvgIpc) is 2.97. The zero-order chi connectivity index (χ0) is 13.1. The number of nitrogens with one attached hydrogen (secondary N) is 1. The summed E-state index contributed by atoms with van der Waals surface area (Å²) >= 11 is 0. The van der Waals surface area contributed by atoms with Crippen molar-refractivity contribution >= 4 is 11.7 Å². The molecule has 9 heteroatoms. The third kappa shape index (κ3) is 2.20. The maximum Gasteiger partial charge on any atom is 0.381 e. The number of aromatic nitrogens is 2. The average molecular weight is 251 g/mol. The lowest BCUT2D eigenvalue weighted by molar-refractivity contribution is -0.389. The molecule has 18 heavy (non-hydrogen) atoms. The molecule has 0 bridgehead atoms. The van der Waals surface area contributed by atoms with Crippen LogP contribution in [0.15, 0.2) is 29.3 Å². The normalized spacial score (nSPS) is 10.3. The van der Waals surface area contributed by atoms with Gasteiger partial charge in [-0.3, -0.25) is 10.2 Å². The van der Waals surface area contributed by atoms with Gasteiger partial charge >= 0.3 is 5.82 Å². The third-order valence-corrected chi connectivity index (χ3v) is 2.25. The van der Waals surface area contributed by atoms with E-state index in [0.717, 1.165) is 0 Å². The Hall–Kier alpha value is -2.68. The molecule has 0 aliphatic carbocycles. The molecule has 0 radical (unpaired) electrons. The molecule has 0 saturated heterocycles. The summed E-state index contributed by atoms with van der Waals surface area (Å²) in [5, 5.41) is 10.5. The van der Waals surface area contributed by atoms with Crippen LogP contribution in [0, 0.1) is 10.1 Å². The first-order valence-corrected chi connectivity index (χ1v) is 4.85.